The second-order valence-electron chi connectivity index (χ2n) is 6.01. The average Bonchev–Trinajstić information content (AvgIpc) is 2.84. The molecule has 0 radical (unpaired) electrons. The van der Waals surface area contributed by atoms with Crippen molar-refractivity contribution in [1.29, 1.82) is 0 Å². The molecule has 110 valence electrons. The Morgan fingerprint density at radius 3 is 2.60 bits per heavy atom. The van der Waals surface area contributed by atoms with Crippen molar-refractivity contribution in [2.75, 3.05) is 5.43 Å². The predicted octanol–water partition coefficient (Wildman–Crippen LogP) is 1.95. The van der Waals surface area contributed by atoms with Crippen LogP contribution < -0.4 is 16.6 Å². The lowest BCUT2D eigenvalue weighted by Gasteiger charge is -2.25. The monoisotopic (exact) mass is 277 g/mol. The van der Waals surface area contributed by atoms with Gasteiger partial charge in [-0.25, -0.2) is 9.97 Å². The number of nitrogens with two attached hydrogens (primary N) is 1. The maximum Gasteiger partial charge on any atom is 0.272 e. The van der Waals surface area contributed by atoms with Gasteiger partial charge in [-0.15, -0.1) is 0 Å². The molecule has 1 amide bonds. The molecule has 1 fully saturated rings. The summed E-state index contributed by atoms with van der Waals surface area (Å²) in [5, 5.41) is 3.09. The molecule has 20 heavy (non-hydrogen) atoms. The van der Waals surface area contributed by atoms with Gasteiger partial charge >= 0.3 is 0 Å². The summed E-state index contributed by atoms with van der Waals surface area (Å²) < 4.78 is 0. The maximum atomic E-state index is 12.5. The van der Waals surface area contributed by atoms with Crippen molar-refractivity contribution in [3.8, 4) is 0 Å². The molecule has 1 aliphatic rings. The van der Waals surface area contributed by atoms with Gasteiger partial charge in [-0.05, 0) is 19.8 Å². The molecule has 0 unspecified atom stereocenters. The molecule has 0 aromatic carbocycles. The van der Waals surface area contributed by atoms with Crippen LogP contribution in [0.3, 0.4) is 0 Å². The summed E-state index contributed by atoms with van der Waals surface area (Å²) in [6.07, 6.45) is 5.88. The lowest BCUT2D eigenvalue weighted by atomic mass is 10.0. The van der Waals surface area contributed by atoms with Crippen molar-refractivity contribution in [2.24, 2.45) is 5.84 Å². The Morgan fingerprint density at radius 2 is 2.05 bits per heavy atom. The number of nitrogens with one attached hydrogen (secondary N) is 2. The lowest BCUT2D eigenvalue weighted by Crippen LogP contribution is -2.44. The van der Waals surface area contributed by atoms with E-state index in [1.165, 1.54) is 0 Å². The first-order valence-electron chi connectivity index (χ1n) is 7.11. The van der Waals surface area contributed by atoms with Crippen molar-refractivity contribution < 1.29 is 4.79 Å². The van der Waals surface area contributed by atoms with E-state index in [1.54, 1.807) is 6.20 Å². The molecular formula is C14H23N5O. The van der Waals surface area contributed by atoms with Gasteiger partial charge in [0, 0.05) is 11.5 Å². The molecule has 0 aliphatic heterocycles. The third kappa shape index (κ3) is 3.07. The molecule has 6 nitrogen and oxygen atoms in total. The molecule has 1 saturated carbocycles. The van der Waals surface area contributed by atoms with Crippen LogP contribution in [-0.4, -0.2) is 21.4 Å². The molecule has 6 heteroatoms. The molecule has 1 aliphatic carbocycles. The summed E-state index contributed by atoms with van der Waals surface area (Å²) in [7, 11) is 0. The van der Waals surface area contributed by atoms with Crippen LogP contribution in [0, 0.1) is 0 Å². The van der Waals surface area contributed by atoms with Crippen LogP contribution in [0.1, 0.15) is 68.7 Å². The van der Waals surface area contributed by atoms with E-state index >= 15 is 0 Å². The molecule has 0 spiro atoms. The highest BCUT2D eigenvalue weighted by atomic mass is 16.2. The summed E-state index contributed by atoms with van der Waals surface area (Å²) in [6.45, 7) is 6.06. The van der Waals surface area contributed by atoms with E-state index in [2.05, 4.69) is 27.6 Å². The maximum absolute atomic E-state index is 12.5. The number of nitrogen functional groups attached to an aromatic ring is 1. The van der Waals surface area contributed by atoms with Gasteiger partial charge in [0.25, 0.3) is 5.91 Å². The summed E-state index contributed by atoms with van der Waals surface area (Å²) in [5.41, 5.74) is 3.13. The largest absolute Gasteiger partial charge is 0.345 e. The second kappa shape index (κ2) is 5.75. The Balaban J connectivity index is 2.25. The Morgan fingerprint density at radius 1 is 1.40 bits per heavy atom. The number of carbonyl (C=O) groups is 1. The molecule has 4 N–H and O–H groups in total. The molecule has 0 saturated heterocycles. The highest BCUT2D eigenvalue weighted by molar-refractivity contribution is 5.97. The third-order valence-corrected chi connectivity index (χ3v) is 3.82. The number of hydrazine groups is 1. The lowest BCUT2D eigenvalue weighted by molar-refractivity contribution is 0.0903. The van der Waals surface area contributed by atoms with Gasteiger partial charge in [0.05, 0.1) is 11.9 Å². The fourth-order valence-electron chi connectivity index (χ4n) is 2.57. The van der Waals surface area contributed by atoms with E-state index in [1.807, 2.05) is 13.8 Å². The van der Waals surface area contributed by atoms with Crippen LogP contribution in [0.5, 0.6) is 0 Å². The van der Waals surface area contributed by atoms with E-state index in [0.29, 0.717) is 17.2 Å². The Labute approximate surface area is 119 Å². The number of aromatic nitrogens is 2. The zero-order chi connectivity index (χ0) is 14.8. The topological polar surface area (TPSA) is 92.9 Å². The quantitative estimate of drug-likeness (QED) is 0.578. The van der Waals surface area contributed by atoms with Crippen LogP contribution in [0.2, 0.25) is 0 Å². The number of rotatable bonds is 4. The zero-order valence-electron chi connectivity index (χ0n) is 12.4. The van der Waals surface area contributed by atoms with Crippen molar-refractivity contribution in [1.82, 2.24) is 15.3 Å². The minimum absolute atomic E-state index is 0.133. The van der Waals surface area contributed by atoms with E-state index in [0.717, 1.165) is 25.7 Å². The van der Waals surface area contributed by atoms with E-state index in [4.69, 9.17) is 5.84 Å². The molecule has 1 aromatic heterocycles. The van der Waals surface area contributed by atoms with Gasteiger partial charge in [0.2, 0.25) is 0 Å². The van der Waals surface area contributed by atoms with Crippen molar-refractivity contribution in [3.05, 3.63) is 17.7 Å². The van der Waals surface area contributed by atoms with Gasteiger partial charge in [-0.3, -0.25) is 10.6 Å². The number of hydrogen-bond acceptors (Lipinski definition) is 5. The average molecular weight is 277 g/mol. The number of hydrogen-bond donors (Lipinski definition) is 3. The predicted molar refractivity (Wildman–Crippen MR) is 78.3 cm³/mol. The van der Waals surface area contributed by atoms with Crippen molar-refractivity contribution in [2.45, 2.75) is 57.9 Å². The summed E-state index contributed by atoms with van der Waals surface area (Å²) in [6, 6.07) is 0. The fraction of sp³-hybridized carbons (Fsp3) is 0.643. The smallest absolute Gasteiger partial charge is 0.272 e. The molecule has 0 atom stereocenters. The van der Waals surface area contributed by atoms with Gasteiger partial charge in [0.1, 0.15) is 5.82 Å². The Kier molecular flexibility index (Phi) is 4.23. The van der Waals surface area contributed by atoms with Crippen LogP contribution in [-0.2, 0) is 0 Å². The molecule has 0 bridgehead atoms. The van der Waals surface area contributed by atoms with Crippen LogP contribution >= 0.6 is 0 Å². The number of carbonyl (C=O) groups excluding carboxylic acids is 1. The highest BCUT2D eigenvalue weighted by Crippen LogP contribution is 2.29. The van der Waals surface area contributed by atoms with Crippen molar-refractivity contribution >= 4 is 11.6 Å². The molecule has 1 aromatic rings. The molecule has 2 rings (SSSR count). The third-order valence-electron chi connectivity index (χ3n) is 3.82. The van der Waals surface area contributed by atoms with Crippen LogP contribution in [0.15, 0.2) is 6.20 Å². The minimum Gasteiger partial charge on any atom is -0.345 e. The van der Waals surface area contributed by atoms with Gasteiger partial charge < -0.3 is 10.7 Å². The first-order chi connectivity index (χ1) is 9.45. The number of amides is 1. The minimum atomic E-state index is -0.188. The molecular weight excluding hydrogens is 254 g/mol. The first-order valence-corrected chi connectivity index (χ1v) is 7.11. The van der Waals surface area contributed by atoms with E-state index in [9.17, 15) is 4.79 Å². The fourth-order valence-corrected chi connectivity index (χ4v) is 2.57. The highest BCUT2D eigenvalue weighted by Gasteiger charge is 2.31. The molecule has 1 heterocycles. The Bertz CT molecular complexity index is 494. The summed E-state index contributed by atoms with van der Waals surface area (Å²) in [5.74, 6) is 6.06. The summed E-state index contributed by atoms with van der Waals surface area (Å²) in [4.78, 5) is 21.0. The summed E-state index contributed by atoms with van der Waals surface area (Å²) >= 11 is 0. The van der Waals surface area contributed by atoms with Gasteiger partial charge in [-0.2, -0.15) is 0 Å². The standard InChI is InChI=1S/C14H23N5O/c1-9(2)12-16-8-10(19-15)11(17-12)13(20)18-14(3)6-4-5-7-14/h8-9,19H,4-7,15H2,1-3H3,(H,18,20). The van der Waals surface area contributed by atoms with Gasteiger partial charge in [-0.1, -0.05) is 26.7 Å². The van der Waals surface area contributed by atoms with Crippen molar-refractivity contribution in [3.63, 3.8) is 0 Å². The van der Waals surface area contributed by atoms with E-state index < -0.39 is 0 Å². The number of anilines is 1. The second-order valence-corrected chi connectivity index (χ2v) is 6.01. The first kappa shape index (κ1) is 14.7. The van der Waals surface area contributed by atoms with Crippen LogP contribution in [0.25, 0.3) is 0 Å². The number of nitrogens with zero attached hydrogens (tertiary/aromatic N) is 2. The van der Waals surface area contributed by atoms with E-state index in [-0.39, 0.29) is 17.4 Å². The zero-order valence-corrected chi connectivity index (χ0v) is 12.4. The van der Waals surface area contributed by atoms with Crippen LogP contribution in [0.4, 0.5) is 5.69 Å². The van der Waals surface area contributed by atoms with Gasteiger partial charge in [0.15, 0.2) is 5.69 Å². The Hall–Kier alpha value is -1.69. The normalized spacial score (nSPS) is 17.2. The SMILES string of the molecule is CC(C)c1ncc(NN)c(C(=O)NC2(C)CCCC2)n1.